The van der Waals surface area contributed by atoms with Crippen LogP contribution in [-0.4, -0.2) is 29.1 Å². The van der Waals surface area contributed by atoms with Crippen molar-refractivity contribution in [1.29, 1.82) is 0 Å². The Kier molecular flexibility index (Phi) is 2.43. The maximum atomic E-state index is 11.1. The molecule has 2 heterocycles. The molecule has 1 aliphatic rings. The molecule has 1 aromatic heterocycles. The van der Waals surface area contributed by atoms with Gasteiger partial charge >= 0.3 is 0 Å². The zero-order valence-corrected chi connectivity index (χ0v) is 8.23. The second-order valence-corrected chi connectivity index (χ2v) is 3.45. The molecule has 14 heavy (non-hydrogen) atoms. The van der Waals surface area contributed by atoms with Crippen LogP contribution in [-0.2, 0) is 11.2 Å². The zero-order valence-electron chi connectivity index (χ0n) is 8.23. The van der Waals surface area contributed by atoms with Crippen molar-refractivity contribution in [3.05, 3.63) is 17.8 Å². The minimum Gasteiger partial charge on any atom is -0.347 e. The highest BCUT2D eigenvalue weighted by Crippen LogP contribution is 2.14. The van der Waals surface area contributed by atoms with Crippen molar-refractivity contribution in [2.45, 2.75) is 19.8 Å². The first-order valence-corrected chi connectivity index (χ1v) is 4.89. The van der Waals surface area contributed by atoms with Gasteiger partial charge in [0.05, 0.1) is 12.2 Å². The fourth-order valence-corrected chi connectivity index (χ4v) is 1.54. The van der Waals surface area contributed by atoms with E-state index in [9.17, 15) is 4.79 Å². The van der Waals surface area contributed by atoms with Gasteiger partial charge in [0.2, 0.25) is 0 Å². The number of hydrogen-bond acceptors (Lipinski definition) is 4. The van der Waals surface area contributed by atoms with E-state index in [1.807, 2.05) is 24.0 Å². The van der Waals surface area contributed by atoms with E-state index in [1.54, 1.807) is 0 Å². The molecule has 1 aliphatic heterocycles. The van der Waals surface area contributed by atoms with Gasteiger partial charge in [-0.25, -0.2) is 0 Å². The van der Waals surface area contributed by atoms with Crippen LogP contribution in [0.2, 0.25) is 0 Å². The standard InChI is InChI=1S/C10H13N3O/c1-2-8-3-4-10(12-11-8)13-6-5-9(14)7-13/h3-4H,2,5-7H2,1H3. The normalized spacial score (nSPS) is 16.4. The Hall–Kier alpha value is -1.45. The summed E-state index contributed by atoms with van der Waals surface area (Å²) in [6.45, 7) is 3.31. The molecule has 0 atom stereocenters. The minimum atomic E-state index is 0.284. The molecule has 0 aliphatic carbocycles. The van der Waals surface area contributed by atoms with Crippen LogP contribution in [0.5, 0.6) is 0 Å². The Morgan fingerprint density at radius 1 is 1.43 bits per heavy atom. The number of aromatic nitrogens is 2. The summed E-state index contributed by atoms with van der Waals surface area (Å²) in [7, 11) is 0. The van der Waals surface area contributed by atoms with Crippen LogP contribution in [0.4, 0.5) is 5.82 Å². The van der Waals surface area contributed by atoms with Gasteiger partial charge in [-0.1, -0.05) is 6.92 Å². The van der Waals surface area contributed by atoms with E-state index in [0.717, 1.165) is 24.5 Å². The average Bonchev–Trinajstić information content (AvgIpc) is 2.65. The highest BCUT2D eigenvalue weighted by atomic mass is 16.1. The van der Waals surface area contributed by atoms with Gasteiger partial charge in [0.25, 0.3) is 0 Å². The second kappa shape index (κ2) is 3.74. The van der Waals surface area contributed by atoms with E-state index in [-0.39, 0.29) is 5.78 Å². The van der Waals surface area contributed by atoms with Crippen LogP contribution >= 0.6 is 0 Å². The lowest BCUT2D eigenvalue weighted by Crippen LogP contribution is -2.21. The number of carbonyl (C=O) groups is 1. The molecule has 0 radical (unpaired) electrons. The lowest BCUT2D eigenvalue weighted by molar-refractivity contribution is -0.116. The molecule has 0 unspecified atom stereocenters. The molecular formula is C10H13N3O. The second-order valence-electron chi connectivity index (χ2n) is 3.45. The number of rotatable bonds is 2. The summed E-state index contributed by atoms with van der Waals surface area (Å²) in [6.07, 6.45) is 1.53. The monoisotopic (exact) mass is 191 g/mol. The number of ketones is 1. The Balaban J connectivity index is 2.13. The van der Waals surface area contributed by atoms with Crippen molar-refractivity contribution in [3.63, 3.8) is 0 Å². The van der Waals surface area contributed by atoms with Crippen molar-refractivity contribution < 1.29 is 4.79 Å². The smallest absolute Gasteiger partial charge is 0.153 e. The van der Waals surface area contributed by atoms with Crippen molar-refractivity contribution >= 4 is 11.6 Å². The molecule has 1 saturated heterocycles. The van der Waals surface area contributed by atoms with Gasteiger partial charge in [-0.3, -0.25) is 4.79 Å². The van der Waals surface area contributed by atoms with Gasteiger partial charge in [0, 0.05) is 13.0 Å². The highest BCUT2D eigenvalue weighted by molar-refractivity contribution is 5.86. The fourth-order valence-electron chi connectivity index (χ4n) is 1.54. The van der Waals surface area contributed by atoms with Crippen molar-refractivity contribution in [1.82, 2.24) is 10.2 Å². The molecule has 0 spiro atoms. The largest absolute Gasteiger partial charge is 0.347 e. The summed E-state index contributed by atoms with van der Waals surface area (Å²) in [5.41, 5.74) is 0.985. The quantitative estimate of drug-likeness (QED) is 0.694. The fraction of sp³-hybridized carbons (Fsp3) is 0.500. The summed E-state index contributed by atoms with van der Waals surface area (Å²) < 4.78 is 0. The van der Waals surface area contributed by atoms with E-state index in [0.29, 0.717) is 13.0 Å². The molecular weight excluding hydrogens is 178 g/mol. The molecule has 0 N–H and O–H groups in total. The Labute approximate surface area is 82.9 Å². The average molecular weight is 191 g/mol. The van der Waals surface area contributed by atoms with Crippen LogP contribution in [0.1, 0.15) is 19.0 Å². The van der Waals surface area contributed by atoms with Crippen molar-refractivity contribution in [3.8, 4) is 0 Å². The SMILES string of the molecule is CCc1ccc(N2CCC(=O)C2)nn1. The summed E-state index contributed by atoms with van der Waals surface area (Å²) in [5.74, 6) is 1.10. The van der Waals surface area contributed by atoms with Gasteiger partial charge in [0.15, 0.2) is 11.6 Å². The highest BCUT2D eigenvalue weighted by Gasteiger charge is 2.20. The first-order valence-electron chi connectivity index (χ1n) is 4.89. The topological polar surface area (TPSA) is 46.1 Å². The minimum absolute atomic E-state index is 0.284. The van der Waals surface area contributed by atoms with Gasteiger partial charge in [-0.15, -0.1) is 5.10 Å². The predicted octanol–water partition coefficient (Wildman–Crippen LogP) is 0.818. The Morgan fingerprint density at radius 2 is 2.29 bits per heavy atom. The maximum absolute atomic E-state index is 11.1. The number of Topliss-reactive ketones (excluding diaryl/α,β-unsaturated/α-hetero) is 1. The molecule has 1 fully saturated rings. The maximum Gasteiger partial charge on any atom is 0.153 e. The predicted molar refractivity (Wildman–Crippen MR) is 53.2 cm³/mol. The number of anilines is 1. The first-order chi connectivity index (χ1) is 6.79. The molecule has 0 bridgehead atoms. The van der Waals surface area contributed by atoms with Gasteiger partial charge in [0.1, 0.15) is 0 Å². The summed E-state index contributed by atoms with van der Waals surface area (Å²) in [4.78, 5) is 13.0. The van der Waals surface area contributed by atoms with E-state index in [1.165, 1.54) is 0 Å². The lowest BCUT2D eigenvalue weighted by atomic mass is 10.3. The number of hydrogen-bond donors (Lipinski definition) is 0. The molecule has 1 aromatic rings. The number of carbonyl (C=O) groups excluding carboxylic acids is 1. The van der Waals surface area contributed by atoms with E-state index in [2.05, 4.69) is 10.2 Å². The summed E-state index contributed by atoms with van der Waals surface area (Å²) >= 11 is 0. The van der Waals surface area contributed by atoms with Crippen LogP contribution in [0.25, 0.3) is 0 Å². The van der Waals surface area contributed by atoms with Crippen LogP contribution in [0.15, 0.2) is 12.1 Å². The number of aryl methyl sites for hydroxylation is 1. The van der Waals surface area contributed by atoms with E-state index < -0.39 is 0 Å². The molecule has 2 rings (SSSR count). The number of nitrogens with zero attached hydrogens (tertiary/aromatic N) is 3. The Morgan fingerprint density at radius 3 is 2.79 bits per heavy atom. The Bertz CT molecular complexity index is 334. The van der Waals surface area contributed by atoms with Crippen LogP contribution in [0.3, 0.4) is 0 Å². The van der Waals surface area contributed by atoms with E-state index >= 15 is 0 Å². The van der Waals surface area contributed by atoms with Crippen molar-refractivity contribution in [2.75, 3.05) is 18.0 Å². The third-order valence-corrected chi connectivity index (χ3v) is 2.42. The zero-order chi connectivity index (χ0) is 9.97. The van der Waals surface area contributed by atoms with Gasteiger partial charge in [-0.05, 0) is 18.6 Å². The lowest BCUT2D eigenvalue weighted by Gasteiger charge is -2.13. The summed E-state index contributed by atoms with van der Waals surface area (Å²) in [5, 5.41) is 8.15. The molecule has 0 aromatic carbocycles. The third-order valence-electron chi connectivity index (χ3n) is 2.42. The van der Waals surface area contributed by atoms with Gasteiger partial charge in [-0.2, -0.15) is 5.10 Å². The van der Waals surface area contributed by atoms with Crippen LogP contribution in [0, 0.1) is 0 Å². The molecule has 0 saturated carbocycles. The molecule has 4 nitrogen and oxygen atoms in total. The van der Waals surface area contributed by atoms with Gasteiger partial charge < -0.3 is 4.90 Å². The summed E-state index contributed by atoms with van der Waals surface area (Å²) in [6, 6.07) is 3.90. The van der Waals surface area contributed by atoms with Crippen LogP contribution < -0.4 is 4.90 Å². The molecule has 74 valence electrons. The first kappa shape index (κ1) is 9.12. The van der Waals surface area contributed by atoms with E-state index in [4.69, 9.17) is 0 Å². The third kappa shape index (κ3) is 1.73. The molecule has 0 amide bonds. The van der Waals surface area contributed by atoms with Crippen molar-refractivity contribution in [2.24, 2.45) is 0 Å². The molecule has 4 heteroatoms.